The highest BCUT2D eigenvalue weighted by Gasteiger charge is 2.27. The van der Waals surface area contributed by atoms with Gasteiger partial charge in [-0.2, -0.15) is 0 Å². The van der Waals surface area contributed by atoms with Gasteiger partial charge in [0.15, 0.2) is 0 Å². The summed E-state index contributed by atoms with van der Waals surface area (Å²) < 4.78 is 1.66. The van der Waals surface area contributed by atoms with E-state index in [2.05, 4.69) is 44.6 Å². The Morgan fingerprint density at radius 2 is 1.93 bits per heavy atom. The summed E-state index contributed by atoms with van der Waals surface area (Å²) in [5.41, 5.74) is 2.42. The summed E-state index contributed by atoms with van der Waals surface area (Å²) >= 11 is 0. The molecule has 28 heavy (non-hydrogen) atoms. The van der Waals surface area contributed by atoms with Gasteiger partial charge in [-0.15, -0.1) is 5.10 Å². The van der Waals surface area contributed by atoms with E-state index < -0.39 is 0 Å². The standard InChI is InChI=1S/C20H25N7O/c1-26(2)16-6-4-13(5-7-16)20(28)23-19-9-14-8-15(10-21-17(14)11-22-19)18-12-27(3)25-24-18/h8-13,16H,4-7H2,1-3H3,(H,22,23,28). The minimum atomic E-state index is 0.0535. The van der Waals surface area contributed by atoms with Gasteiger partial charge in [0, 0.05) is 36.2 Å². The molecule has 1 amide bonds. The monoisotopic (exact) mass is 379 g/mol. The van der Waals surface area contributed by atoms with Gasteiger partial charge in [-0.1, -0.05) is 5.21 Å². The van der Waals surface area contributed by atoms with E-state index in [-0.39, 0.29) is 11.8 Å². The molecule has 8 nitrogen and oxygen atoms in total. The first-order valence-electron chi connectivity index (χ1n) is 9.59. The number of fused-ring (bicyclic) bond motifs is 1. The Kier molecular flexibility index (Phi) is 5.04. The van der Waals surface area contributed by atoms with Gasteiger partial charge in [-0.05, 0) is 51.9 Å². The second-order valence-electron chi connectivity index (χ2n) is 7.72. The highest BCUT2D eigenvalue weighted by Crippen LogP contribution is 2.28. The van der Waals surface area contributed by atoms with Gasteiger partial charge < -0.3 is 10.2 Å². The zero-order valence-electron chi connectivity index (χ0n) is 16.5. The van der Waals surface area contributed by atoms with Gasteiger partial charge in [0.25, 0.3) is 0 Å². The van der Waals surface area contributed by atoms with Crippen LogP contribution in [0.15, 0.2) is 30.7 Å². The number of hydrogen-bond donors (Lipinski definition) is 1. The van der Waals surface area contributed by atoms with Gasteiger partial charge in [-0.3, -0.25) is 14.5 Å². The molecule has 0 atom stereocenters. The topological polar surface area (TPSA) is 88.8 Å². The third-order valence-electron chi connectivity index (χ3n) is 5.52. The molecule has 3 heterocycles. The van der Waals surface area contributed by atoms with Gasteiger partial charge >= 0.3 is 0 Å². The molecule has 1 aliphatic carbocycles. The van der Waals surface area contributed by atoms with Gasteiger partial charge in [0.1, 0.15) is 11.5 Å². The predicted molar refractivity (Wildman–Crippen MR) is 108 cm³/mol. The van der Waals surface area contributed by atoms with Crippen molar-refractivity contribution in [1.29, 1.82) is 0 Å². The Hall–Kier alpha value is -2.87. The number of carbonyl (C=O) groups excluding carboxylic acids is 1. The molecule has 0 bridgehead atoms. The van der Waals surface area contributed by atoms with Crippen molar-refractivity contribution in [1.82, 2.24) is 29.9 Å². The molecule has 0 aliphatic heterocycles. The number of nitrogens with zero attached hydrogens (tertiary/aromatic N) is 6. The van der Waals surface area contributed by atoms with Crippen LogP contribution in [-0.2, 0) is 11.8 Å². The molecule has 1 saturated carbocycles. The summed E-state index contributed by atoms with van der Waals surface area (Å²) in [5.74, 6) is 0.671. The summed E-state index contributed by atoms with van der Waals surface area (Å²) in [7, 11) is 6.04. The van der Waals surface area contributed by atoms with Gasteiger partial charge in [0.05, 0.1) is 17.9 Å². The van der Waals surface area contributed by atoms with Crippen LogP contribution in [0, 0.1) is 5.92 Å². The zero-order chi connectivity index (χ0) is 19.7. The minimum Gasteiger partial charge on any atom is -0.310 e. The Labute approximate surface area is 164 Å². The molecular weight excluding hydrogens is 354 g/mol. The van der Waals surface area contributed by atoms with Crippen molar-refractivity contribution in [3.05, 3.63) is 30.7 Å². The molecule has 0 aromatic carbocycles. The van der Waals surface area contributed by atoms with Crippen LogP contribution in [0.2, 0.25) is 0 Å². The molecule has 8 heteroatoms. The highest BCUT2D eigenvalue weighted by molar-refractivity contribution is 5.94. The summed E-state index contributed by atoms with van der Waals surface area (Å²) in [6, 6.07) is 4.44. The number of nitrogens with one attached hydrogen (secondary N) is 1. The van der Waals surface area contributed by atoms with Crippen LogP contribution in [0.4, 0.5) is 5.82 Å². The van der Waals surface area contributed by atoms with Crippen LogP contribution in [0.1, 0.15) is 25.7 Å². The number of rotatable bonds is 4. The Morgan fingerprint density at radius 3 is 2.61 bits per heavy atom. The van der Waals surface area contributed by atoms with E-state index in [1.54, 1.807) is 17.1 Å². The molecule has 0 spiro atoms. The molecule has 1 aliphatic rings. The average Bonchev–Trinajstić information content (AvgIpc) is 3.14. The lowest BCUT2D eigenvalue weighted by Gasteiger charge is -2.31. The van der Waals surface area contributed by atoms with E-state index >= 15 is 0 Å². The number of aryl methyl sites for hydroxylation is 1. The Bertz CT molecular complexity index is 989. The summed E-state index contributed by atoms with van der Waals surface area (Å²) in [6.45, 7) is 0. The maximum Gasteiger partial charge on any atom is 0.228 e. The predicted octanol–water partition coefficient (Wildman–Crippen LogP) is 2.48. The number of carbonyl (C=O) groups is 1. The maximum absolute atomic E-state index is 12.7. The van der Waals surface area contributed by atoms with Gasteiger partial charge in [0.2, 0.25) is 5.91 Å². The number of aromatic nitrogens is 5. The number of amides is 1. The number of pyridine rings is 2. The van der Waals surface area contributed by atoms with Crippen molar-refractivity contribution in [3.63, 3.8) is 0 Å². The van der Waals surface area contributed by atoms with Gasteiger partial charge in [-0.25, -0.2) is 4.98 Å². The lowest BCUT2D eigenvalue weighted by atomic mass is 9.85. The molecule has 1 N–H and O–H groups in total. The molecule has 4 rings (SSSR count). The van der Waals surface area contributed by atoms with Crippen molar-refractivity contribution in [2.45, 2.75) is 31.7 Å². The van der Waals surface area contributed by atoms with E-state index in [4.69, 9.17) is 0 Å². The maximum atomic E-state index is 12.7. The van der Waals surface area contributed by atoms with Crippen LogP contribution in [0.3, 0.4) is 0 Å². The summed E-state index contributed by atoms with van der Waals surface area (Å²) in [6.07, 6.45) is 9.24. The van der Waals surface area contributed by atoms with Crippen molar-refractivity contribution in [2.75, 3.05) is 19.4 Å². The first-order chi connectivity index (χ1) is 13.5. The van der Waals surface area contributed by atoms with Crippen molar-refractivity contribution < 1.29 is 4.79 Å². The van der Waals surface area contributed by atoms with E-state index in [1.807, 2.05) is 25.4 Å². The smallest absolute Gasteiger partial charge is 0.228 e. The quantitative estimate of drug-likeness (QED) is 0.749. The highest BCUT2D eigenvalue weighted by atomic mass is 16.1. The van der Waals surface area contributed by atoms with E-state index in [0.717, 1.165) is 47.8 Å². The molecule has 3 aromatic heterocycles. The van der Waals surface area contributed by atoms with E-state index in [9.17, 15) is 4.79 Å². The molecule has 0 radical (unpaired) electrons. The van der Waals surface area contributed by atoms with Crippen LogP contribution >= 0.6 is 0 Å². The first kappa shape index (κ1) is 18.5. The molecule has 1 fully saturated rings. The summed E-state index contributed by atoms with van der Waals surface area (Å²) in [5, 5.41) is 12.0. The van der Waals surface area contributed by atoms with Crippen molar-refractivity contribution >= 4 is 22.6 Å². The summed E-state index contributed by atoms with van der Waals surface area (Å²) in [4.78, 5) is 23.7. The third-order valence-corrected chi connectivity index (χ3v) is 5.52. The fourth-order valence-electron chi connectivity index (χ4n) is 3.80. The average molecular weight is 379 g/mol. The molecule has 3 aromatic rings. The normalized spacial score (nSPS) is 19.9. The zero-order valence-corrected chi connectivity index (χ0v) is 16.5. The van der Waals surface area contributed by atoms with E-state index in [0.29, 0.717) is 11.9 Å². The first-order valence-corrected chi connectivity index (χ1v) is 9.59. The lowest BCUT2D eigenvalue weighted by Crippen LogP contribution is -2.35. The minimum absolute atomic E-state index is 0.0535. The Balaban J connectivity index is 1.49. The fourth-order valence-corrected chi connectivity index (χ4v) is 3.80. The van der Waals surface area contributed by atoms with Crippen molar-refractivity contribution in [2.24, 2.45) is 13.0 Å². The number of anilines is 1. The van der Waals surface area contributed by atoms with Crippen LogP contribution in [0.25, 0.3) is 22.2 Å². The molecule has 146 valence electrons. The van der Waals surface area contributed by atoms with E-state index in [1.165, 1.54) is 0 Å². The Morgan fingerprint density at radius 1 is 1.14 bits per heavy atom. The molecule has 0 unspecified atom stereocenters. The third kappa shape index (κ3) is 3.87. The van der Waals surface area contributed by atoms with Crippen LogP contribution < -0.4 is 5.32 Å². The second-order valence-corrected chi connectivity index (χ2v) is 7.72. The lowest BCUT2D eigenvalue weighted by molar-refractivity contribution is -0.121. The SMILES string of the molecule is CN(C)C1CCC(C(=O)Nc2cc3cc(-c4cn(C)nn4)cnc3cn2)CC1. The number of hydrogen-bond acceptors (Lipinski definition) is 6. The second kappa shape index (κ2) is 7.63. The largest absolute Gasteiger partial charge is 0.310 e. The molecule has 0 saturated heterocycles. The molecular formula is C20H25N7O. The van der Waals surface area contributed by atoms with Crippen LogP contribution in [0.5, 0.6) is 0 Å². The van der Waals surface area contributed by atoms with Crippen LogP contribution in [-0.4, -0.2) is 55.9 Å². The fraction of sp³-hybridized carbons (Fsp3) is 0.450. The van der Waals surface area contributed by atoms with Crippen molar-refractivity contribution in [3.8, 4) is 11.3 Å².